The van der Waals surface area contributed by atoms with Crippen LogP contribution in [0, 0.1) is 0 Å². The highest BCUT2D eigenvalue weighted by molar-refractivity contribution is 9.10. The fourth-order valence-electron chi connectivity index (χ4n) is 1.78. The largest absolute Gasteiger partial charge is 0.336 e. The molecule has 1 aliphatic heterocycles. The van der Waals surface area contributed by atoms with E-state index in [9.17, 15) is 4.79 Å². The van der Waals surface area contributed by atoms with Crippen LogP contribution in [0.15, 0.2) is 15.9 Å². The highest BCUT2D eigenvalue weighted by atomic mass is 79.9. The second-order valence-electron chi connectivity index (χ2n) is 3.78. The first-order valence-corrected chi connectivity index (χ1v) is 6.63. The Hall–Kier alpha value is -0.100. The summed E-state index contributed by atoms with van der Waals surface area (Å²) >= 11 is 4.82. The van der Waals surface area contributed by atoms with Gasteiger partial charge in [-0.25, -0.2) is 0 Å². The topological polar surface area (TPSA) is 46.3 Å². The highest BCUT2D eigenvalue weighted by Gasteiger charge is 2.23. The molecule has 3 nitrogen and oxygen atoms in total. The number of rotatable bonds is 1. The van der Waals surface area contributed by atoms with Crippen LogP contribution in [0.5, 0.6) is 0 Å². The van der Waals surface area contributed by atoms with Gasteiger partial charge in [-0.3, -0.25) is 4.79 Å². The van der Waals surface area contributed by atoms with Gasteiger partial charge >= 0.3 is 0 Å². The van der Waals surface area contributed by atoms with Crippen LogP contribution in [0.1, 0.15) is 22.5 Å². The summed E-state index contributed by atoms with van der Waals surface area (Å²) in [6.45, 7) is 1.52. The lowest BCUT2D eigenvalue weighted by atomic mass is 10.1. The fourth-order valence-corrected chi connectivity index (χ4v) is 3.17. The molecule has 6 heteroatoms. The van der Waals surface area contributed by atoms with Gasteiger partial charge < -0.3 is 10.6 Å². The molecule has 1 atom stereocenters. The van der Waals surface area contributed by atoms with Gasteiger partial charge in [-0.1, -0.05) is 0 Å². The number of piperidine rings is 1. The molecule has 1 aromatic heterocycles. The first-order valence-electron chi connectivity index (χ1n) is 4.95. The first-order chi connectivity index (χ1) is 7.16. The van der Waals surface area contributed by atoms with Crippen molar-refractivity contribution in [3.8, 4) is 0 Å². The molecule has 0 radical (unpaired) electrons. The molecule has 1 aromatic rings. The zero-order valence-corrected chi connectivity index (χ0v) is 11.9. The Balaban J connectivity index is 0.00000128. The maximum atomic E-state index is 12.0. The van der Waals surface area contributed by atoms with Crippen molar-refractivity contribution in [3.63, 3.8) is 0 Å². The molecule has 90 valence electrons. The molecule has 1 saturated heterocycles. The molecule has 2 N–H and O–H groups in total. The quantitative estimate of drug-likeness (QED) is 0.862. The van der Waals surface area contributed by atoms with Crippen LogP contribution in [0.4, 0.5) is 0 Å². The van der Waals surface area contributed by atoms with Crippen LogP contribution in [0.2, 0.25) is 0 Å². The predicted molar refractivity (Wildman–Crippen MR) is 72.4 cm³/mol. The zero-order chi connectivity index (χ0) is 10.8. The van der Waals surface area contributed by atoms with E-state index >= 15 is 0 Å². The number of nitrogens with two attached hydrogens (primary N) is 1. The van der Waals surface area contributed by atoms with Gasteiger partial charge in [0.1, 0.15) is 0 Å². The van der Waals surface area contributed by atoms with Crippen molar-refractivity contribution < 1.29 is 4.79 Å². The minimum Gasteiger partial charge on any atom is -0.336 e. The number of carbonyl (C=O) groups is 1. The zero-order valence-electron chi connectivity index (χ0n) is 8.69. The van der Waals surface area contributed by atoms with Crippen LogP contribution in [0.25, 0.3) is 0 Å². The third-order valence-corrected chi connectivity index (χ3v) is 4.20. The Kier molecular flexibility index (Phi) is 5.24. The highest BCUT2D eigenvalue weighted by Crippen LogP contribution is 2.22. The molecule has 1 unspecified atom stereocenters. The van der Waals surface area contributed by atoms with Gasteiger partial charge in [-0.2, -0.15) is 0 Å². The molecule has 2 heterocycles. The normalized spacial score (nSPS) is 20.4. The number of carbonyl (C=O) groups excluding carboxylic acids is 1. The third-order valence-electron chi connectivity index (χ3n) is 2.52. The van der Waals surface area contributed by atoms with E-state index in [0.29, 0.717) is 6.54 Å². The second kappa shape index (κ2) is 6.00. The van der Waals surface area contributed by atoms with E-state index in [1.165, 1.54) is 11.3 Å². The molecular formula is C10H14BrClN2OS. The Labute approximate surface area is 114 Å². The lowest BCUT2D eigenvalue weighted by Gasteiger charge is -2.30. The maximum Gasteiger partial charge on any atom is 0.264 e. The van der Waals surface area contributed by atoms with Crippen molar-refractivity contribution in [3.05, 3.63) is 20.8 Å². The molecule has 16 heavy (non-hydrogen) atoms. The molecular weight excluding hydrogens is 312 g/mol. The van der Waals surface area contributed by atoms with Crippen molar-refractivity contribution in [1.82, 2.24) is 4.90 Å². The molecule has 2 rings (SSSR count). The molecule has 1 aliphatic rings. The van der Waals surface area contributed by atoms with E-state index in [1.54, 1.807) is 0 Å². The second-order valence-corrected chi connectivity index (χ2v) is 5.61. The van der Waals surface area contributed by atoms with Gasteiger partial charge in [0.05, 0.1) is 4.88 Å². The summed E-state index contributed by atoms with van der Waals surface area (Å²) in [7, 11) is 0. The van der Waals surface area contributed by atoms with E-state index in [4.69, 9.17) is 5.73 Å². The van der Waals surface area contributed by atoms with Gasteiger partial charge in [0.25, 0.3) is 5.91 Å². The minimum absolute atomic E-state index is 0. The van der Waals surface area contributed by atoms with E-state index in [0.717, 1.165) is 28.7 Å². The van der Waals surface area contributed by atoms with Crippen LogP contribution in [0.3, 0.4) is 0 Å². The lowest BCUT2D eigenvalue weighted by Crippen LogP contribution is -2.45. The van der Waals surface area contributed by atoms with Gasteiger partial charge in [0.2, 0.25) is 0 Å². The summed E-state index contributed by atoms with van der Waals surface area (Å²) in [5.41, 5.74) is 5.85. The smallest absolute Gasteiger partial charge is 0.264 e. The van der Waals surface area contributed by atoms with Crippen molar-refractivity contribution in [2.75, 3.05) is 13.1 Å². The van der Waals surface area contributed by atoms with Crippen LogP contribution in [-0.2, 0) is 0 Å². The third kappa shape index (κ3) is 3.20. The summed E-state index contributed by atoms with van der Waals surface area (Å²) in [4.78, 5) is 14.7. The number of hydrogen-bond acceptors (Lipinski definition) is 3. The standard InChI is InChI=1S/C10H13BrN2OS.ClH/c11-7-4-9(15-6-7)10(14)13-3-1-2-8(12)5-13;/h4,6,8H,1-3,5,12H2;1H. The Morgan fingerprint density at radius 3 is 2.94 bits per heavy atom. The SMILES string of the molecule is Cl.NC1CCCN(C(=O)c2cc(Br)cs2)C1. The van der Waals surface area contributed by atoms with Crippen LogP contribution in [-0.4, -0.2) is 29.9 Å². The predicted octanol–water partition coefficient (Wildman–Crippen LogP) is 2.50. The van der Waals surface area contributed by atoms with E-state index < -0.39 is 0 Å². The van der Waals surface area contributed by atoms with Crippen molar-refractivity contribution >= 4 is 45.6 Å². The summed E-state index contributed by atoms with van der Waals surface area (Å²) in [5.74, 6) is 0.112. The monoisotopic (exact) mass is 324 g/mol. The van der Waals surface area contributed by atoms with Crippen molar-refractivity contribution in [2.24, 2.45) is 5.73 Å². The van der Waals surface area contributed by atoms with E-state index in [-0.39, 0.29) is 24.4 Å². The lowest BCUT2D eigenvalue weighted by molar-refractivity contribution is 0.0713. The number of thiophene rings is 1. The number of amides is 1. The number of halogens is 2. The van der Waals surface area contributed by atoms with Gasteiger partial charge in [-0.15, -0.1) is 23.7 Å². The molecule has 0 spiro atoms. The number of hydrogen-bond donors (Lipinski definition) is 1. The molecule has 1 amide bonds. The maximum absolute atomic E-state index is 12.0. The summed E-state index contributed by atoms with van der Waals surface area (Å²) in [6.07, 6.45) is 2.04. The molecule has 0 aromatic carbocycles. The van der Waals surface area contributed by atoms with Crippen molar-refractivity contribution in [1.29, 1.82) is 0 Å². The fraction of sp³-hybridized carbons (Fsp3) is 0.500. The Morgan fingerprint density at radius 2 is 2.38 bits per heavy atom. The van der Waals surface area contributed by atoms with E-state index in [2.05, 4.69) is 15.9 Å². The van der Waals surface area contributed by atoms with Gasteiger partial charge in [0.15, 0.2) is 0 Å². The number of likely N-dealkylation sites (tertiary alicyclic amines) is 1. The minimum atomic E-state index is 0. The summed E-state index contributed by atoms with van der Waals surface area (Å²) in [6, 6.07) is 2.01. The molecule has 0 saturated carbocycles. The van der Waals surface area contributed by atoms with Crippen LogP contribution < -0.4 is 5.73 Å². The summed E-state index contributed by atoms with van der Waals surface area (Å²) in [5, 5.41) is 1.93. The van der Waals surface area contributed by atoms with Crippen LogP contribution >= 0.6 is 39.7 Å². The van der Waals surface area contributed by atoms with E-state index in [1.807, 2.05) is 16.3 Å². The average Bonchev–Trinajstić information content (AvgIpc) is 2.64. The Morgan fingerprint density at radius 1 is 1.62 bits per heavy atom. The molecule has 0 aliphatic carbocycles. The average molecular weight is 326 g/mol. The van der Waals surface area contributed by atoms with Gasteiger partial charge in [0, 0.05) is 29.0 Å². The number of nitrogens with zero attached hydrogens (tertiary/aromatic N) is 1. The van der Waals surface area contributed by atoms with Crippen molar-refractivity contribution in [2.45, 2.75) is 18.9 Å². The Bertz CT molecular complexity index is 371. The summed E-state index contributed by atoms with van der Waals surface area (Å²) < 4.78 is 0.970. The molecule has 1 fully saturated rings. The van der Waals surface area contributed by atoms with Gasteiger partial charge in [-0.05, 0) is 34.8 Å². The molecule has 0 bridgehead atoms. The first kappa shape index (κ1) is 14.0.